The molecule has 0 bridgehead atoms. The van der Waals surface area contributed by atoms with Gasteiger partial charge >= 0.3 is 11.9 Å². The van der Waals surface area contributed by atoms with E-state index in [4.69, 9.17) is 9.47 Å². The molecule has 0 radical (unpaired) electrons. The number of carbonyl (C=O) groups excluding carboxylic acids is 2. The van der Waals surface area contributed by atoms with Gasteiger partial charge in [0.15, 0.2) is 10.3 Å². The van der Waals surface area contributed by atoms with Crippen molar-refractivity contribution >= 4 is 82.0 Å². The molecule has 2 aromatic heterocycles. The number of ether oxygens (including phenoxy) is 2. The van der Waals surface area contributed by atoms with Crippen LogP contribution in [0.5, 0.6) is 11.5 Å². The van der Waals surface area contributed by atoms with E-state index in [0.717, 1.165) is 21.9 Å². The van der Waals surface area contributed by atoms with Crippen LogP contribution in [0, 0.1) is 0 Å². The number of nitrogens with one attached hydrogen (secondary N) is 4. The summed E-state index contributed by atoms with van der Waals surface area (Å²) in [6.07, 6.45) is 2.20. The fourth-order valence-electron chi connectivity index (χ4n) is 4.90. The molecule has 58 heavy (non-hydrogen) atoms. The minimum atomic E-state index is -0.546. The molecule has 0 saturated carbocycles. The molecule has 4 N–H and O–H groups in total. The van der Waals surface area contributed by atoms with Gasteiger partial charge in [0, 0.05) is 44.7 Å². The second-order valence-corrected chi connectivity index (χ2v) is 13.8. The number of anilines is 8. The Balaban J connectivity index is 1.08. The number of nitrogens with zero attached hydrogens (tertiary/aromatic N) is 6. The molecule has 14 nitrogen and oxygen atoms in total. The summed E-state index contributed by atoms with van der Waals surface area (Å²) in [6.45, 7) is 6.85. The third-order valence-electron chi connectivity index (χ3n) is 7.52. The number of aromatic nitrogens is 6. The first-order valence-corrected chi connectivity index (χ1v) is 19.0. The Morgan fingerprint density at radius 3 is 1.02 bits per heavy atom. The van der Waals surface area contributed by atoms with Gasteiger partial charge in [-0.3, -0.25) is 0 Å². The van der Waals surface area contributed by atoms with Crippen LogP contribution in [0.15, 0.2) is 179 Å². The third kappa shape index (κ3) is 11.2. The van der Waals surface area contributed by atoms with Crippen molar-refractivity contribution in [3.8, 4) is 11.5 Å². The summed E-state index contributed by atoms with van der Waals surface area (Å²) >= 11 is 2.79. The molecule has 0 atom stereocenters. The predicted octanol–water partition coefficient (Wildman–Crippen LogP) is 9.52. The lowest BCUT2D eigenvalue weighted by Crippen LogP contribution is -2.06. The monoisotopic (exact) mass is 804 g/mol. The number of benzene rings is 5. The van der Waals surface area contributed by atoms with Gasteiger partial charge in [-0.2, -0.15) is 29.9 Å². The van der Waals surface area contributed by atoms with Crippen molar-refractivity contribution in [3.63, 3.8) is 0 Å². The van der Waals surface area contributed by atoms with Gasteiger partial charge in [-0.1, -0.05) is 49.6 Å². The van der Waals surface area contributed by atoms with Crippen LogP contribution in [0.25, 0.3) is 0 Å². The van der Waals surface area contributed by atoms with Gasteiger partial charge in [0.2, 0.25) is 23.8 Å². The number of rotatable bonds is 16. The number of esters is 2. The molecule has 0 saturated heterocycles. The topological polar surface area (TPSA) is 178 Å². The van der Waals surface area contributed by atoms with Gasteiger partial charge in [-0.05, 0) is 121 Å². The molecule has 0 spiro atoms. The van der Waals surface area contributed by atoms with Crippen molar-refractivity contribution in [3.05, 3.63) is 159 Å². The fraction of sp³-hybridized carbons (Fsp3) is 0. The molecular weight excluding hydrogens is 773 g/mol. The molecular formula is C42H32N10O4S2. The molecule has 286 valence electrons. The molecule has 0 fully saturated rings. The fourth-order valence-corrected chi connectivity index (χ4v) is 6.43. The maximum Gasteiger partial charge on any atom is 0.335 e. The molecule has 0 aliphatic carbocycles. The zero-order valence-corrected chi connectivity index (χ0v) is 32.0. The summed E-state index contributed by atoms with van der Waals surface area (Å²) in [4.78, 5) is 52.9. The van der Waals surface area contributed by atoms with E-state index in [0.29, 0.717) is 68.4 Å². The molecule has 16 heteroatoms. The summed E-state index contributed by atoms with van der Waals surface area (Å²) in [5.74, 6) is 0.907. The molecule has 0 unspecified atom stereocenters. The van der Waals surface area contributed by atoms with E-state index in [-0.39, 0.29) is 0 Å². The van der Waals surface area contributed by atoms with Crippen molar-refractivity contribution in [1.29, 1.82) is 0 Å². The van der Waals surface area contributed by atoms with Crippen LogP contribution in [0.4, 0.5) is 46.5 Å². The van der Waals surface area contributed by atoms with Gasteiger partial charge in [0.1, 0.15) is 11.5 Å². The molecule has 0 amide bonds. The van der Waals surface area contributed by atoms with Gasteiger partial charge in [-0.25, -0.2) is 9.59 Å². The Kier molecular flexibility index (Phi) is 12.6. The highest BCUT2D eigenvalue weighted by Gasteiger charge is 2.13. The molecule has 2 heterocycles. The first-order chi connectivity index (χ1) is 28.3. The van der Waals surface area contributed by atoms with Crippen LogP contribution in [0.2, 0.25) is 0 Å². The highest BCUT2D eigenvalue weighted by molar-refractivity contribution is 7.99. The maximum absolute atomic E-state index is 11.6. The smallest absolute Gasteiger partial charge is 0.335 e. The third-order valence-corrected chi connectivity index (χ3v) is 9.27. The quantitative estimate of drug-likeness (QED) is 0.0412. The van der Waals surface area contributed by atoms with Crippen molar-refractivity contribution in [2.45, 2.75) is 20.1 Å². The van der Waals surface area contributed by atoms with Crippen molar-refractivity contribution in [2.24, 2.45) is 0 Å². The molecule has 0 aliphatic rings. The molecule has 0 aliphatic heterocycles. The SMILES string of the molecule is C=CC(=O)Oc1ccc(Nc2nc(Nc3ccc(Nc4nc(Nc5ccc(OC(=O)C=C)cc5)nc(Sc5ccccc5)n4)cc3)nc(Sc3ccccc3)n2)cc1. The van der Waals surface area contributed by atoms with E-state index in [1.54, 1.807) is 48.5 Å². The van der Waals surface area contributed by atoms with E-state index in [2.05, 4.69) is 64.3 Å². The van der Waals surface area contributed by atoms with Crippen molar-refractivity contribution in [1.82, 2.24) is 29.9 Å². The van der Waals surface area contributed by atoms with E-state index in [1.807, 2.05) is 84.9 Å². The Hall–Kier alpha value is -7.56. The van der Waals surface area contributed by atoms with Crippen LogP contribution in [-0.4, -0.2) is 41.8 Å². The minimum Gasteiger partial charge on any atom is -0.423 e. The van der Waals surface area contributed by atoms with Crippen molar-refractivity contribution < 1.29 is 19.1 Å². The molecule has 7 aromatic rings. The summed E-state index contributed by atoms with van der Waals surface area (Å²) in [5.41, 5.74) is 2.78. The maximum atomic E-state index is 11.6. The standard InChI is InChI=1S/C42H32N10O4S2/c1-3-35(53)55-31-23-19-29(20-24-31)45-39-47-37(49-41(51-39)57-33-11-7-5-8-12-33)43-27-15-17-28(18-16-27)44-38-48-40(52-42(50-38)58-34-13-9-6-10-14-34)46-30-21-25-32(26-22-30)56-36(54)4-2/h3-26H,1-2H2,(H2,43,45,47,49,51)(H2,44,46,48,50,52). The summed E-state index contributed by atoms with van der Waals surface area (Å²) < 4.78 is 10.4. The summed E-state index contributed by atoms with van der Waals surface area (Å²) in [5, 5.41) is 13.9. The second kappa shape index (κ2) is 18.9. The molecule has 7 rings (SSSR count). The first-order valence-electron chi connectivity index (χ1n) is 17.4. The molecule has 5 aromatic carbocycles. The number of hydrogen-bond acceptors (Lipinski definition) is 16. The van der Waals surface area contributed by atoms with E-state index >= 15 is 0 Å². The van der Waals surface area contributed by atoms with E-state index in [1.165, 1.54) is 23.5 Å². The zero-order chi connectivity index (χ0) is 40.1. The highest BCUT2D eigenvalue weighted by Crippen LogP contribution is 2.30. The van der Waals surface area contributed by atoms with E-state index < -0.39 is 11.9 Å². The number of carbonyl (C=O) groups is 2. The van der Waals surface area contributed by atoms with Crippen LogP contribution in [0.1, 0.15) is 0 Å². The van der Waals surface area contributed by atoms with Crippen molar-refractivity contribution in [2.75, 3.05) is 21.3 Å². The largest absolute Gasteiger partial charge is 0.423 e. The Morgan fingerprint density at radius 1 is 0.431 bits per heavy atom. The normalized spacial score (nSPS) is 10.5. The van der Waals surface area contributed by atoms with Gasteiger partial charge < -0.3 is 30.7 Å². The lowest BCUT2D eigenvalue weighted by atomic mass is 10.3. The second-order valence-electron chi connectivity index (χ2n) is 11.7. The summed E-state index contributed by atoms with van der Waals surface area (Å²) in [6, 6.07) is 40.6. The van der Waals surface area contributed by atoms with Gasteiger partial charge in [-0.15, -0.1) is 0 Å². The lowest BCUT2D eigenvalue weighted by Gasteiger charge is -2.12. The predicted molar refractivity (Wildman–Crippen MR) is 225 cm³/mol. The minimum absolute atomic E-state index is 0.306. The average Bonchev–Trinajstić information content (AvgIpc) is 3.23. The Morgan fingerprint density at radius 2 is 0.724 bits per heavy atom. The van der Waals surface area contributed by atoms with Crippen LogP contribution < -0.4 is 30.7 Å². The average molecular weight is 805 g/mol. The Labute approximate surface area is 341 Å². The zero-order valence-electron chi connectivity index (χ0n) is 30.4. The lowest BCUT2D eigenvalue weighted by molar-refractivity contribution is -0.129. The Bertz CT molecular complexity index is 2350. The highest BCUT2D eigenvalue weighted by atomic mass is 32.2. The van der Waals surface area contributed by atoms with Crippen LogP contribution >= 0.6 is 23.5 Å². The number of hydrogen-bond donors (Lipinski definition) is 4. The van der Waals surface area contributed by atoms with Gasteiger partial charge in [0.05, 0.1) is 0 Å². The summed E-state index contributed by atoms with van der Waals surface area (Å²) in [7, 11) is 0. The van der Waals surface area contributed by atoms with E-state index in [9.17, 15) is 9.59 Å². The first kappa shape index (κ1) is 38.7. The van der Waals surface area contributed by atoms with Crippen LogP contribution in [0.3, 0.4) is 0 Å². The van der Waals surface area contributed by atoms with Gasteiger partial charge in [0.25, 0.3) is 0 Å². The van der Waals surface area contributed by atoms with Crippen LogP contribution in [-0.2, 0) is 9.59 Å².